The first-order valence-electron chi connectivity index (χ1n) is 8.12. The summed E-state index contributed by atoms with van der Waals surface area (Å²) in [6.45, 7) is 6.96. The molecule has 2 atom stereocenters. The number of rotatable bonds is 6. The van der Waals surface area contributed by atoms with E-state index in [2.05, 4.69) is 41.0 Å². The summed E-state index contributed by atoms with van der Waals surface area (Å²) >= 11 is 5.95. The van der Waals surface area contributed by atoms with Gasteiger partial charge in [-0.05, 0) is 31.0 Å². The van der Waals surface area contributed by atoms with Crippen molar-refractivity contribution >= 4 is 11.6 Å². The molecule has 0 spiro atoms. The number of hydrogen-bond acceptors (Lipinski definition) is 4. The van der Waals surface area contributed by atoms with Crippen molar-refractivity contribution in [3.8, 4) is 12.1 Å². The van der Waals surface area contributed by atoms with E-state index >= 15 is 0 Å². The van der Waals surface area contributed by atoms with Crippen LogP contribution < -0.4 is 0 Å². The van der Waals surface area contributed by atoms with Gasteiger partial charge in [-0.1, -0.05) is 23.7 Å². The zero-order valence-electron chi connectivity index (χ0n) is 13.6. The topological polar surface area (TPSA) is 54.1 Å². The molecule has 5 heteroatoms. The molecule has 2 rings (SSSR count). The Kier molecular flexibility index (Phi) is 6.86. The molecule has 1 fully saturated rings. The number of hydrogen-bond donors (Lipinski definition) is 0. The number of nitrogens with zero attached hydrogens (tertiary/aromatic N) is 4. The molecule has 1 aliphatic rings. The van der Waals surface area contributed by atoms with Crippen LogP contribution in [0.15, 0.2) is 24.3 Å². The molecule has 0 saturated carbocycles. The van der Waals surface area contributed by atoms with Crippen LogP contribution in [0.3, 0.4) is 0 Å². The van der Waals surface area contributed by atoms with Crippen LogP contribution in [-0.2, 0) is 0 Å². The molecule has 122 valence electrons. The van der Waals surface area contributed by atoms with Gasteiger partial charge in [0.05, 0.1) is 18.1 Å². The zero-order chi connectivity index (χ0) is 16.7. The van der Waals surface area contributed by atoms with Crippen molar-refractivity contribution in [2.45, 2.75) is 25.8 Å². The largest absolute Gasteiger partial charge is 0.299 e. The van der Waals surface area contributed by atoms with Gasteiger partial charge in [-0.2, -0.15) is 10.5 Å². The molecule has 1 heterocycles. The van der Waals surface area contributed by atoms with Crippen LogP contribution in [0.1, 0.15) is 31.4 Å². The van der Waals surface area contributed by atoms with Crippen LogP contribution in [0.2, 0.25) is 5.02 Å². The number of piperazine rings is 1. The highest BCUT2D eigenvalue weighted by molar-refractivity contribution is 6.30. The smallest absolute Gasteiger partial charge is 0.0669 e. The maximum Gasteiger partial charge on any atom is 0.0669 e. The molecule has 0 aromatic heterocycles. The van der Waals surface area contributed by atoms with Gasteiger partial charge in [-0.15, -0.1) is 0 Å². The average molecular weight is 331 g/mol. The van der Waals surface area contributed by atoms with Crippen LogP contribution in [0.4, 0.5) is 0 Å². The van der Waals surface area contributed by atoms with Gasteiger partial charge in [0, 0.05) is 50.2 Å². The Morgan fingerprint density at radius 3 is 2.35 bits per heavy atom. The maximum absolute atomic E-state index is 9.19. The Morgan fingerprint density at radius 2 is 1.78 bits per heavy atom. The van der Waals surface area contributed by atoms with Crippen molar-refractivity contribution in [1.29, 1.82) is 10.5 Å². The van der Waals surface area contributed by atoms with Gasteiger partial charge in [-0.25, -0.2) is 0 Å². The predicted octanol–water partition coefficient (Wildman–Crippen LogP) is 3.46. The first-order chi connectivity index (χ1) is 11.1. The van der Waals surface area contributed by atoms with Gasteiger partial charge >= 0.3 is 0 Å². The Balaban J connectivity index is 1.82. The minimum Gasteiger partial charge on any atom is -0.299 e. The second-order valence-corrected chi connectivity index (χ2v) is 6.52. The fourth-order valence-electron chi connectivity index (χ4n) is 3.03. The van der Waals surface area contributed by atoms with Gasteiger partial charge in [-0.3, -0.25) is 9.80 Å². The van der Waals surface area contributed by atoms with Crippen LogP contribution in [0.5, 0.6) is 0 Å². The van der Waals surface area contributed by atoms with Crippen LogP contribution in [-0.4, -0.2) is 42.5 Å². The molecule has 0 bridgehead atoms. The lowest BCUT2D eigenvalue weighted by Crippen LogP contribution is -2.48. The monoisotopic (exact) mass is 330 g/mol. The van der Waals surface area contributed by atoms with E-state index in [1.54, 1.807) is 0 Å². The van der Waals surface area contributed by atoms with E-state index in [1.807, 2.05) is 12.1 Å². The molecule has 1 aliphatic heterocycles. The normalized spacial score (nSPS) is 18.8. The number of halogens is 1. The lowest BCUT2D eigenvalue weighted by atomic mass is 10.0. The van der Waals surface area contributed by atoms with Gasteiger partial charge in [0.2, 0.25) is 0 Å². The third-order valence-electron chi connectivity index (χ3n) is 4.57. The summed E-state index contributed by atoms with van der Waals surface area (Å²) < 4.78 is 0. The van der Waals surface area contributed by atoms with Gasteiger partial charge in [0.15, 0.2) is 0 Å². The van der Waals surface area contributed by atoms with Crippen LogP contribution in [0, 0.1) is 28.6 Å². The van der Waals surface area contributed by atoms with E-state index in [0.717, 1.165) is 37.7 Å². The van der Waals surface area contributed by atoms with Gasteiger partial charge in [0.1, 0.15) is 0 Å². The second kappa shape index (κ2) is 8.89. The van der Waals surface area contributed by atoms with Crippen molar-refractivity contribution in [1.82, 2.24) is 9.80 Å². The molecular weight excluding hydrogens is 308 g/mol. The highest BCUT2D eigenvalue weighted by Gasteiger charge is 2.23. The SMILES string of the molecule is C[C@@H](c1ccc(Cl)cc1)N1CCN(C[C@H](C#N)CCC#N)CC1. The van der Waals surface area contributed by atoms with Crippen LogP contribution in [0.25, 0.3) is 0 Å². The quantitative estimate of drug-likeness (QED) is 0.801. The lowest BCUT2D eigenvalue weighted by molar-refractivity contribution is 0.0955. The van der Waals surface area contributed by atoms with Crippen molar-refractivity contribution < 1.29 is 0 Å². The third-order valence-corrected chi connectivity index (χ3v) is 4.82. The zero-order valence-corrected chi connectivity index (χ0v) is 14.3. The Labute approximate surface area is 143 Å². The molecule has 0 radical (unpaired) electrons. The molecule has 0 aliphatic carbocycles. The van der Waals surface area contributed by atoms with Gasteiger partial charge in [0.25, 0.3) is 0 Å². The van der Waals surface area contributed by atoms with E-state index < -0.39 is 0 Å². The molecule has 4 nitrogen and oxygen atoms in total. The number of benzene rings is 1. The summed E-state index contributed by atoms with van der Waals surface area (Å²) in [7, 11) is 0. The van der Waals surface area contributed by atoms with E-state index in [-0.39, 0.29) is 5.92 Å². The van der Waals surface area contributed by atoms with Crippen molar-refractivity contribution in [3.05, 3.63) is 34.9 Å². The first kappa shape index (κ1) is 17.8. The molecule has 1 aromatic carbocycles. The van der Waals surface area contributed by atoms with Gasteiger partial charge < -0.3 is 0 Å². The highest BCUT2D eigenvalue weighted by atomic mass is 35.5. The molecule has 1 saturated heterocycles. The summed E-state index contributed by atoms with van der Waals surface area (Å²) in [5.41, 5.74) is 1.28. The number of nitriles is 2. The second-order valence-electron chi connectivity index (χ2n) is 6.09. The van der Waals surface area contributed by atoms with E-state index in [4.69, 9.17) is 16.9 Å². The summed E-state index contributed by atoms with van der Waals surface area (Å²) in [6.07, 6.45) is 1.14. The van der Waals surface area contributed by atoms with E-state index in [9.17, 15) is 5.26 Å². The Morgan fingerprint density at radius 1 is 1.13 bits per heavy atom. The lowest BCUT2D eigenvalue weighted by Gasteiger charge is -2.38. The minimum absolute atomic E-state index is 0.0325. The fraction of sp³-hybridized carbons (Fsp3) is 0.556. The van der Waals surface area contributed by atoms with Crippen molar-refractivity contribution in [3.63, 3.8) is 0 Å². The molecule has 0 unspecified atom stereocenters. The van der Waals surface area contributed by atoms with Crippen LogP contribution >= 0.6 is 11.6 Å². The van der Waals surface area contributed by atoms with E-state index in [1.165, 1.54) is 5.56 Å². The summed E-state index contributed by atoms with van der Waals surface area (Å²) in [5, 5.41) is 18.6. The molecule has 0 N–H and O–H groups in total. The maximum atomic E-state index is 9.19. The van der Waals surface area contributed by atoms with Crippen molar-refractivity contribution in [2.24, 2.45) is 5.92 Å². The fourth-order valence-corrected chi connectivity index (χ4v) is 3.16. The molecule has 0 amide bonds. The summed E-state index contributed by atoms with van der Waals surface area (Å²) in [4.78, 5) is 4.81. The third kappa shape index (κ3) is 5.22. The summed E-state index contributed by atoms with van der Waals surface area (Å²) in [6, 6.07) is 12.9. The predicted molar refractivity (Wildman–Crippen MR) is 91.8 cm³/mol. The van der Waals surface area contributed by atoms with E-state index in [0.29, 0.717) is 18.9 Å². The van der Waals surface area contributed by atoms with Crippen molar-refractivity contribution in [2.75, 3.05) is 32.7 Å². The molecule has 23 heavy (non-hydrogen) atoms. The molecular formula is C18H23ClN4. The standard InChI is InChI=1S/C18H23ClN4/c1-15(17-4-6-18(19)7-5-17)23-11-9-22(10-12-23)14-16(13-21)3-2-8-20/h4-7,15-16H,2-3,9-12,14H2,1H3/t15-,16-/m0/s1. The summed E-state index contributed by atoms with van der Waals surface area (Å²) in [5.74, 6) is -0.0325. The minimum atomic E-state index is -0.0325. The first-order valence-corrected chi connectivity index (χ1v) is 8.50. The average Bonchev–Trinajstić information content (AvgIpc) is 2.59. The molecule has 1 aromatic rings. The Bertz CT molecular complexity index is 564. The Hall–Kier alpha value is -1.59. The highest BCUT2D eigenvalue weighted by Crippen LogP contribution is 2.23.